The first-order valence-corrected chi connectivity index (χ1v) is 7.40. The molecule has 0 spiro atoms. The molecule has 0 radical (unpaired) electrons. The minimum atomic E-state index is -0.105. The number of nitrogens with one attached hydrogen (secondary N) is 1. The van der Waals surface area contributed by atoms with E-state index in [-0.39, 0.29) is 5.91 Å². The lowest BCUT2D eigenvalue weighted by Gasteiger charge is -2.11. The second-order valence-corrected chi connectivity index (χ2v) is 5.61. The lowest BCUT2D eigenvalue weighted by molar-refractivity contribution is 0.102. The molecular formula is C19H18N2O. The second-order valence-electron chi connectivity index (χ2n) is 5.61. The monoisotopic (exact) mass is 290 g/mol. The third-order valence-corrected chi connectivity index (χ3v) is 3.69. The average Bonchev–Trinajstić information content (AvgIpc) is 2.54. The number of amides is 1. The zero-order valence-corrected chi connectivity index (χ0v) is 12.7. The number of carbonyl (C=O) groups excluding carboxylic acids is 1. The average molecular weight is 290 g/mol. The van der Waals surface area contributed by atoms with Crippen molar-refractivity contribution >= 4 is 22.5 Å². The number of anilines is 1. The number of nitrogens with zero attached hydrogens (tertiary/aromatic N) is 1. The molecule has 0 aliphatic heterocycles. The molecule has 0 atom stereocenters. The zero-order valence-electron chi connectivity index (χ0n) is 12.7. The molecule has 1 heterocycles. The van der Waals surface area contributed by atoms with Crippen LogP contribution in [-0.2, 0) is 0 Å². The summed E-state index contributed by atoms with van der Waals surface area (Å²) < 4.78 is 0. The highest BCUT2D eigenvalue weighted by molar-refractivity contribution is 6.06. The van der Waals surface area contributed by atoms with Crippen LogP contribution in [0.5, 0.6) is 0 Å². The summed E-state index contributed by atoms with van der Waals surface area (Å²) >= 11 is 0. The summed E-state index contributed by atoms with van der Waals surface area (Å²) in [7, 11) is 0. The number of rotatable bonds is 3. The standard InChI is InChI=1S/C19H18N2O/c1-13(2)16-10-11-20-18-9-8-14(12-17(16)18)19(22)21-15-6-4-3-5-7-15/h3-13H,1-2H3,(H,21,22). The van der Waals surface area contributed by atoms with Crippen LogP contribution >= 0.6 is 0 Å². The van der Waals surface area contributed by atoms with Gasteiger partial charge >= 0.3 is 0 Å². The van der Waals surface area contributed by atoms with Crippen LogP contribution in [0.1, 0.15) is 35.7 Å². The van der Waals surface area contributed by atoms with E-state index in [0.29, 0.717) is 11.5 Å². The van der Waals surface area contributed by atoms with Crippen LogP contribution in [0.25, 0.3) is 10.9 Å². The summed E-state index contributed by atoms with van der Waals surface area (Å²) in [6.45, 7) is 4.29. The van der Waals surface area contributed by atoms with Crippen LogP contribution < -0.4 is 5.32 Å². The van der Waals surface area contributed by atoms with Crippen molar-refractivity contribution in [1.29, 1.82) is 0 Å². The van der Waals surface area contributed by atoms with Crippen molar-refractivity contribution < 1.29 is 4.79 Å². The first-order valence-electron chi connectivity index (χ1n) is 7.40. The number of aromatic nitrogens is 1. The molecule has 1 N–H and O–H groups in total. The van der Waals surface area contributed by atoms with Gasteiger partial charge in [0.1, 0.15) is 0 Å². The largest absolute Gasteiger partial charge is 0.322 e. The predicted octanol–water partition coefficient (Wildman–Crippen LogP) is 4.61. The first-order chi connectivity index (χ1) is 10.6. The molecule has 0 aliphatic carbocycles. The Balaban J connectivity index is 1.97. The molecule has 3 nitrogen and oxygen atoms in total. The molecule has 0 bridgehead atoms. The van der Waals surface area contributed by atoms with E-state index < -0.39 is 0 Å². The van der Waals surface area contributed by atoms with Crippen LogP contribution in [0.4, 0.5) is 5.69 Å². The van der Waals surface area contributed by atoms with E-state index in [1.807, 2.05) is 60.8 Å². The van der Waals surface area contributed by atoms with Crippen LogP contribution in [-0.4, -0.2) is 10.9 Å². The van der Waals surface area contributed by atoms with E-state index in [2.05, 4.69) is 24.1 Å². The van der Waals surface area contributed by atoms with Gasteiger partial charge in [-0.05, 0) is 47.9 Å². The molecular weight excluding hydrogens is 272 g/mol. The Morgan fingerprint density at radius 1 is 1.05 bits per heavy atom. The maximum absolute atomic E-state index is 12.4. The van der Waals surface area contributed by atoms with Crippen molar-refractivity contribution in [3.05, 3.63) is 71.9 Å². The van der Waals surface area contributed by atoms with E-state index in [0.717, 1.165) is 16.6 Å². The van der Waals surface area contributed by atoms with Crippen molar-refractivity contribution in [3.8, 4) is 0 Å². The minimum absolute atomic E-state index is 0.105. The van der Waals surface area contributed by atoms with Gasteiger partial charge in [0.25, 0.3) is 5.91 Å². The van der Waals surface area contributed by atoms with Gasteiger partial charge < -0.3 is 5.32 Å². The van der Waals surface area contributed by atoms with Gasteiger partial charge in [0, 0.05) is 22.8 Å². The van der Waals surface area contributed by atoms with Gasteiger partial charge in [0.05, 0.1) is 5.52 Å². The molecule has 22 heavy (non-hydrogen) atoms. The third kappa shape index (κ3) is 2.84. The number of pyridine rings is 1. The topological polar surface area (TPSA) is 42.0 Å². The van der Waals surface area contributed by atoms with Crippen molar-refractivity contribution in [3.63, 3.8) is 0 Å². The molecule has 2 aromatic carbocycles. The van der Waals surface area contributed by atoms with Crippen molar-refractivity contribution in [2.45, 2.75) is 19.8 Å². The molecule has 0 saturated carbocycles. The fraction of sp³-hybridized carbons (Fsp3) is 0.158. The predicted molar refractivity (Wildman–Crippen MR) is 90.2 cm³/mol. The summed E-state index contributed by atoms with van der Waals surface area (Å²) in [4.78, 5) is 16.8. The van der Waals surface area contributed by atoms with E-state index >= 15 is 0 Å². The molecule has 0 fully saturated rings. The SMILES string of the molecule is CC(C)c1ccnc2ccc(C(=O)Nc3ccccc3)cc12. The molecule has 0 saturated heterocycles. The Morgan fingerprint density at radius 2 is 1.82 bits per heavy atom. The quantitative estimate of drug-likeness (QED) is 0.765. The van der Waals surface area contributed by atoms with Gasteiger partial charge in [-0.25, -0.2) is 0 Å². The summed E-state index contributed by atoms with van der Waals surface area (Å²) in [5.74, 6) is 0.282. The van der Waals surface area contributed by atoms with Gasteiger partial charge in [-0.2, -0.15) is 0 Å². The summed E-state index contributed by atoms with van der Waals surface area (Å²) in [6, 6.07) is 17.1. The zero-order chi connectivity index (χ0) is 15.5. The van der Waals surface area contributed by atoms with Crippen molar-refractivity contribution in [1.82, 2.24) is 4.98 Å². The van der Waals surface area contributed by atoms with Crippen LogP contribution in [0, 0.1) is 0 Å². The second kappa shape index (κ2) is 5.98. The molecule has 3 aromatic rings. The molecule has 1 amide bonds. The van der Waals surface area contributed by atoms with Gasteiger partial charge in [0.2, 0.25) is 0 Å². The van der Waals surface area contributed by atoms with Gasteiger partial charge in [-0.15, -0.1) is 0 Å². The lowest BCUT2D eigenvalue weighted by atomic mass is 9.97. The van der Waals surface area contributed by atoms with Crippen LogP contribution in [0.2, 0.25) is 0 Å². The summed E-state index contributed by atoms with van der Waals surface area (Å²) in [5, 5.41) is 3.95. The summed E-state index contributed by atoms with van der Waals surface area (Å²) in [6.07, 6.45) is 1.82. The Kier molecular flexibility index (Phi) is 3.88. The maximum Gasteiger partial charge on any atom is 0.255 e. The van der Waals surface area contributed by atoms with Crippen LogP contribution in [0.3, 0.4) is 0 Å². The van der Waals surface area contributed by atoms with Gasteiger partial charge in [-0.3, -0.25) is 9.78 Å². The number of para-hydroxylation sites is 1. The number of benzene rings is 2. The molecule has 0 aliphatic rings. The highest BCUT2D eigenvalue weighted by atomic mass is 16.1. The fourth-order valence-corrected chi connectivity index (χ4v) is 2.54. The van der Waals surface area contributed by atoms with E-state index in [9.17, 15) is 4.79 Å². The first kappa shape index (κ1) is 14.3. The summed E-state index contributed by atoms with van der Waals surface area (Å²) in [5.41, 5.74) is 3.57. The van der Waals surface area contributed by atoms with E-state index in [4.69, 9.17) is 0 Å². The fourth-order valence-electron chi connectivity index (χ4n) is 2.54. The third-order valence-electron chi connectivity index (χ3n) is 3.69. The maximum atomic E-state index is 12.4. The normalized spacial score (nSPS) is 10.9. The van der Waals surface area contributed by atoms with Crippen molar-refractivity contribution in [2.75, 3.05) is 5.32 Å². The number of hydrogen-bond acceptors (Lipinski definition) is 2. The molecule has 1 aromatic heterocycles. The Hall–Kier alpha value is -2.68. The number of carbonyl (C=O) groups is 1. The Morgan fingerprint density at radius 3 is 2.55 bits per heavy atom. The Bertz CT molecular complexity index is 810. The lowest BCUT2D eigenvalue weighted by Crippen LogP contribution is -2.11. The molecule has 110 valence electrons. The molecule has 3 rings (SSSR count). The van der Waals surface area contributed by atoms with Gasteiger partial charge in [-0.1, -0.05) is 32.0 Å². The van der Waals surface area contributed by atoms with Crippen molar-refractivity contribution in [2.24, 2.45) is 0 Å². The highest BCUT2D eigenvalue weighted by Crippen LogP contribution is 2.25. The van der Waals surface area contributed by atoms with E-state index in [1.54, 1.807) is 0 Å². The van der Waals surface area contributed by atoms with E-state index in [1.165, 1.54) is 5.56 Å². The minimum Gasteiger partial charge on any atom is -0.322 e. The van der Waals surface area contributed by atoms with Crippen LogP contribution in [0.15, 0.2) is 60.8 Å². The number of fused-ring (bicyclic) bond motifs is 1. The smallest absolute Gasteiger partial charge is 0.255 e. The molecule has 0 unspecified atom stereocenters. The molecule has 3 heteroatoms. The van der Waals surface area contributed by atoms with Gasteiger partial charge in [0.15, 0.2) is 0 Å². The number of hydrogen-bond donors (Lipinski definition) is 1. The Labute approximate surface area is 130 Å². The highest BCUT2D eigenvalue weighted by Gasteiger charge is 2.10.